The first-order chi connectivity index (χ1) is 10.2. The highest BCUT2D eigenvalue weighted by atomic mass is 16.5. The Morgan fingerprint density at radius 3 is 2.86 bits per heavy atom. The van der Waals surface area contributed by atoms with Gasteiger partial charge in [-0.25, -0.2) is 0 Å². The zero-order valence-electron chi connectivity index (χ0n) is 12.5. The molecule has 1 aliphatic rings. The average molecular weight is 292 g/mol. The van der Waals surface area contributed by atoms with Crippen LogP contribution >= 0.6 is 0 Å². The van der Waals surface area contributed by atoms with Gasteiger partial charge in [0.1, 0.15) is 5.75 Å². The second-order valence-electron chi connectivity index (χ2n) is 5.44. The first-order valence-corrected chi connectivity index (χ1v) is 7.55. The van der Waals surface area contributed by atoms with Crippen LogP contribution < -0.4 is 15.4 Å². The highest BCUT2D eigenvalue weighted by molar-refractivity contribution is 5.93. The molecule has 0 bridgehead atoms. The van der Waals surface area contributed by atoms with Gasteiger partial charge >= 0.3 is 0 Å². The third-order valence-electron chi connectivity index (χ3n) is 3.89. The van der Waals surface area contributed by atoms with Crippen LogP contribution in [0.3, 0.4) is 0 Å². The number of amides is 1. The van der Waals surface area contributed by atoms with Gasteiger partial charge in [0.15, 0.2) is 0 Å². The van der Waals surface area contributed by atoms with Gasteiger partial charge in [-0.05, 0) is 25.0 Å². The summed E-state index contributed by atoms with van der Waals surface area (Å²) < 4.78 is 5.20. The predicted molar refractivity (Wildman–Crippen MR) is 82.5 cm³/mol. The maximum atomic E-state index is 12.0. The van der Waals surface area contributed by atoms with Crippen molar-refractivity contribution in [3.63, 3.8) is 0 Å². The van der Waals surface area contributed by atoms with E-state index in [-0.39, 0.29) is 24.6 Å². The van der Waals surface area contributed by atoms with Crippen molar-refractivity contribution in [2.24, 2.45) is 0 Å². The van der Waals surface area contributed by atoms with Crippen LogP contribution in [0.2, 0.25) is 0 Å². The van der Waals surface area contributed by atoms with Gasteiger partial charge in [0.05, 0.1) is 25.4 Å². The molecular formula is C16H24N2O3. The number of aliphatic hydroxyl groups excluding tert-OH is 1. The molecule has 1 amide bonds. The molecule has 1 aromatic carbocycles. The molecule has 0 heterocycles. The minimum Gasteiger partial charge on any atom is -0.495 e. The van der Waals surface area contributed by atoms with Gasteiger partial charge in [-0.2, -0.15) is 0 Å². The lowest BCUT2D eigenvalue weighted by atomic mass is 10.1. The normalized spacial score (nSPS) is 22.4. The number of hydrogen-bond acceptors (Lipinski definition) is 4. The second kappa shape index (κ2) is 8.00. The maximum Gasteiger partial charge on any atom is 0.238 e. The molecule has 1 saturated carbocycles. The number of rotatable bonds is 5. The molecule has 0 spiro atoms. The SMILES string of the molecule is COc1ccccc1NC(=O)CNC1CCCCCC1O. The highest BCUT2D eigenvalue weighted by Gasteiger charge is 2.21. The van der Waals surface area contributed by atoms with E-state index >= 15 is 0 Å². The van der Waals surface area contributed by atoms with Crippen LogP contribution in [-0.2, 0) is 4.79 Å². The minimum atomic E-state index is -0.355. The Kier molecular flexibility index (Phi) is 6.02. The number of methoxy groups -OCH3 is 1. The summed E-state index contributed by atoms with van der Waals surface area (Å²) in [5.41, 5.74) is 0.660. The first-order valence-electron chi connectivity index (χ1n) is 7.55. The molecule has 5 heteroatoms. The van der Waals surface area contributed by atoms with E-state index in [1.165, 1.54) is 0 Å². The number of ether oxygens (including phenoxy) is 1. The van der Waals surface area contributed by atoms with Gasteiger partial charge < -0.3 is 20.5 Å². The van der Waals surface area contributed by atoms with Crippen LogP contribution in [0.1, 0.15) is 32.1 Å². The van der Waals surface area contributed by atoms with Crippen LogP contribution in [0.5, 0.6) is 5.75 Å². The van der Waals surface area contributed by atoms with Gasteiger partial charge in [-0.15, -0.1) is 0 Å². The highest BCUT2D eigenvalue weighted by Crippen LogP contribution is 2.23. The van der Waals surface area contributed by atoms with Gasteiger partial charge in [0, 0.05) is 6.04 Å². The Bertz CT molecular complexity index is 465. The van der Waals surface area contributed by atoms with Crippen LogP contribution in [0.15, 0.2) is 24.3 Å². The Morgan fingerprint density at radius 2 is 2.05 bits per heavy atom. The van der Waals surface area contributed by atoms with Crippen LogP contribution in [-0.4, -0.2) is 36.8 Å². The van der Waals surface area contributed by atoms with Crippen LogP contribution in [0, 0.1) is 0 Å². The zero-order chi connectivity index (χ0) is 15.1. The van der Waals surface area contributed by atoms with Crippen molar-refractivity contribution < 1.29 is 14.6 Å². The molecule has 1 fully saturated rings. The number of anilines is 1. The van der Waals surface area contributed by atoms with E-state index in [0.717, 1.165) is 32.1 Å². The van der Waals surface area contributed by atoms with Crippen molar-refractivity contribution in [1.29, 1.82) is 0 Å². The minimum absolute atomic E-state index is 0.0101. The number of aliphatic hydroxyl groups is 1. The second-order valence-corrected chi connectivity index (χ2v) is 5.44. The standard InChI is InChI=1S/C16H24N2O3/c1-21-15-10-6-5-8-13(15)18-16(20)11-17-12-7-3-2-4-9-14(12)19/h5-6,8,10,12,14,17,19H,2-4,7,9,11H2,1H3,(H,18,20). The van der Waals surface area contributed by atoms with E-state index in [1.807, 2.05) is 12.1 Å². The molecule has 5 nitrogen and oxygen atoms in total. The number of carbonyl (C=O) groups is 1. The average Bonchev–Trinajstić information content (AvgIpc) is 2.70. The van der Waals surface area contributed by atoms with Crippen LogP contribution in [0.4, 0.5) is 5.69 Å². The summed E-state index contributed by atoms with van der Waals surface area (Å²) in [4.78, 5) is 12.0. The Labute approximate surface area is 125 Å². The lowest BCUT2D eigenvalue weighted by Gasteiger charge is -2.21. The fourth-order valence-electron chi connectivity index (χ4n) is 2.69. The molecule has 0 aliphatic heterocycles. The van der Waals surface area contributed by atoms with E-state index < -0.39 is 0 Å². The molecule has 116 valence electrons. The molecule has 1 aromatic rings. The van der Waals surface area contributed by atoms with E-state index in [4.69, 9.17) is 4.74 Å². The summed E-state index contributed by atoms with van der Waals surface area (Å²) >= 11 is 0. The molecule has 0 saturated heterocycles. The van der Waals surface area contributed by atoms with E-state index in [0.29, 0.717) is 11.4 Å². The summed E-state index contributed by atoms with van der Waals surface area (Å²) in [6.45, 7) is 0.194. The summed E-state index contributed by atoms with van der Waals surface area (Å²) in [5.74, 6) is 0.510. The molecule has 2 rings (SSSR count). The van der Waals surface area contributed by atoms with Crippen molar-refractivity contribution >= 4 is 11.6 Å². The summed E-state index contributed by atoms with van der Waals surface area (Å²) in [5, 5.41) is 16.0. The molecule has 1 aliphatic carbocycles. The number of benzene rings is 1. The van der Waals surface area contributed by atoms with Gasteiger partial charge in [0.2, 0.25) is 5.91 Å². The monoisotopic (exact) mass is 292 g/mol. The number of hydrogen-bond donors (Lipinski definition) is 3. The smallest absolute Gasteiger partial charge is 0.238 e. The topological polar surface area (TPSA) is 70.6 Å². The van der Waals surface area contributed by atoms with Crippen molar-refractivity contribution in [2.75, 3.05) is 19.0 Å². The fourth-order valence-corrected chi connectivity index (χ4v) is 2.69. The van der Waals surface area contributed by atoms with E-state index in [2.05, 4.69) is 10.6 Å². The Morgan fingerprint density at radius 1 is 1.29 bits per heavy atom. The van der Waals surface area contributed by atoms with Gasteiger partial charge in [0.25, 0.3) is 0 Å². The molecule has 0 aromatic heterocycles. The summed E-state index contributed by atoms with van der Waals surface area (Å²) in [6.07, 6.45) is 4.69. The fraction of sp³-hybridized carbons (Fsp3) is 0.562. The third kappa shape index (κ3) is 4.72. The number of carbonyl (C=O) groups excluding carboxylic acids is 1. The quantitative estimate of drug-likeness (QED) is 0.725. The lowest BCUT2D eigenvalue weighted by molar-refractivity contribution is -0.115. The molecule has 3 N–H and O–H groups in total. The largest absolute Gasteiger partial charge is 0.495 e. The third-order valence-corrected chi connectivity index (χ3v) is 3.89. The van der Waals surface area contributed by atoms with Crippen molar-refractivity contribution in [3.05, 3.63) is 24.3 Å². The lowest BCUT2D eigenvalue weighted by Crippen LogP contribution is -2.42. The molecule has 2 unspecified atom stereocenters. The summed E-state index contributed by atoms with van der Waals surface area (Å²) in [6, 6.07) is 7.32. The van der Waals surface area contributed by atoms with Gasteiger partial charge in [-0.1, -0.05) is 31.4 Å². The predicted octanol–water partition coefficient (Wildman–Crippen LogP) is 1.92. The maximum absolute atomic E-state index is 12.0. The first kappa shape index (κ1) is 15.8. The van der Waals surface area contributed by atoms with E-state index in [1.54, 1.807) is 19.2 Å². The summed E-state index contributed by atoms with van der Waals surface area (Å²) in [7, 11) is 1.57. The number of nitrogens with one attached hydrogen (secondary N) is 2. The molecule has 2 atom stereocenters. The van der Waals surface area contributed by atoms with Crippen molar-refractivity contribution in [2.45, 2.75) is 44.2 Å². The Hall–Kier alpha value is -1.59. The molecule has 0 radical (unpaired) electrons. The van der Waals surface area contributed by atoms with E-state index in [9.17, 15) is 9.90 Å². The van der Waals surface area contributed by atoms with Crippen molar-refractivity contribution in [1.82, 2.24) is 5.32 Å². The van der Waals surface area contributed by atoms with Crippen LogP contribution in [0.25, 0.3) is 0 Å². The van der Waals surface area contributed by atoms with Gasteiger partial charge in [-0.3, -0.25) is 4.79 Å². The number of para-hydroxylation sites is 2. The zero-order valence-corrected chi connectivity index (χ0v) is 12.5. The Balaban J connectivity index is 1.84. The van der Waals surface area contributed by atoms with Crippen molar-refractivity contribution in [3.8, 4) is 5.75 Å². The molecule has 21 heavy (non-hydrogen) atoms. The molecular weight excluding hydrogens is 268 g/mol.